The maximum atomic E-state index is 5.85. The highest BCUT2D eigenvalue weighted by molar-refractivity contribution is 6.75. The molecule has 1 aromatic rings. The lowest BCUT2D eigenvalue weighted by atomic mass is 10.4. The summed E-state index contributed by atoms with van der Waals surface area (Å²) in [5.74, 6) is 0. The molecule has 4 heteroatoms. The van der Waals surface area contributed by atoms with Crippen molar-refractivity contribution >= 4 is 14.0 Å². The summed E-state index contributed by atoms with van der Waals surface area (Å²) in [4.78, 5) is 0. The number of hydrogen-bond donors (Lipinski definition) is 0. The molecule has 0 spiro atoms. The van der Waals surface area contributed by atoms with E-state index < -0.39 is 8.80 Å². The molecule has 0 atom stereocenters. The SMILES string of the molecule is CCCCO[Si](OC)(OC)c1ccccc1. The van der Waals surface area contributed by atoms with Gasteiger partial charge in [-0.2, -0.15) is 0 Å². The highest BCUT2D eigenvalue weighted by Gasteiger charge is 2.41. The van der Waals surface area contributed by atoms with Crippen LogP contribution < -0.4 is 5.19 Å². The predicted molar refractivity (Wildman–Crippen MR) is 66.7 cm³/mol. The zero-order valence-corrected chi connectivity index (χ0v) is 11.2. The zero-order valence-electron chi connectivity index (χ0n) is 10.2. The van der Waals surface area contributed by atoms with E-state index in [1.54, 1.807) is 14.2 Å². The highest BCUT2D eigenvalue weighted by atomic mass is 28.4. The molecule has 1 aromatic carbocycles. The molecule has 0 heterocycles. The Kier molecular flexibility index (Phi) is 5.69. The van der Waals surface area contributed by atoms with Gasteiger partial charge in [-0.15, -0.1) is 0 Å². The van der Waals surface area contributed by atoms with Crippen LogP contribution in [0.4, 0.5) is 0 Å². The van der Waals surface area contributed by atoms with Crippen LogP contribution in [0.1, 0.15) is 19.8 Å². The van der Waals surface area contributed by atoms with Gasteiger partial charge in [-0.05, 0) is 6.42 Å². The Bertz CT molecular complexity index is 286. The number of hydrogen-bond acceptors (Lipinski definition) is 3. The van der Waals surface area contributed by atoms with Crippen LogP contribution in [0.2, 0.25) is 0 Å². The normalized spacial score (nSPS) is 11.7. The van der Waals surface area contributed by atoms with Crippen molar-refractivity contribution in [3.63, 3.8) is 0 Å². The van der Waals surface area contributed by atoms with E-state index in [9.17, 15) is 0 Å². The molecule has 0 aliphatic rings. The van der Waals surface area contributed by atoms with Crippen LogP contribution in [-0.4, -0.2) is 29.6 Å². The van der Waals surface area contributed by atoms with E-state index in [1.807, 2.05) is 30.3 Å². The average molecular weight is 240 g/mol. The van der Waals surface area contributed by atoms with Crippen molar-refractivity contribution < 1.29 is 13.3 Å². The van der Waals surface area contributed by atoms with Crippen LogP contribution in [-0.2, 0) is 13.3 Å². The summed E-state index contributed by atoms with van der Waals surface area (Å²) in [6.45, 7) is 2.81. The maximum Gasteiger partial charge on any atom is 0.536 e. The third-order valence-electron chi connectivity index (χ3n) is 2.45. The summed E-state index contributed by atoms with van der Waals surface area (Å²) in [6, 6.07) is 9.90. The van der Waals surface area contributed by atoms with Crippen LogP contribution in [0, 0.1) is 0 Å². The second-order valence-electron chi connectivity index (χ2n) is 3.53. The van der Waals surface area contributed by atoms with E-state index >= 15 is 0 Å². The van der Waals surface area contributed by atoms with Crippen molar-refractivity contribution in [1.82, 2.24) is 0 Å². The number of rotatable bonds is 7. The van der Waals surface area contributed by atoms with E-state index in [0.717, 1.165) is 18.0 Å². The summed E-state index contributed by atoms with van der Waals surface area (Å²) in [6.07, 6.45) is 2.13. The zero-order chi connectivity index (χ0) is 11.9. The third kappa shape index (κ3) is 3.15. The topological polar surface area (TPSA) is 27.7 Å². The summed E-state index contributed by atoms with van der Waals surface area (Å²) in [5.41, 5.74) is 0. The summed E-state index contributed by atoms with van der Waals surface area (Å²) >= 11 is 0. The molecular weight excluding hydrogens is 220 g/mol. The van der Waals surface area contributed by atoms with Gasteiger partial charge >= 0.3 is 8.80 Å². The molecule has 0 bridgehead atoms. The first kappa shape index (κ1) is 13.4. The molecular formula is C12H20O3Si. The van der Waals surface area contributed by atoms with E-state index in [2.05, 4.69) is 6.92 Å². The molecule has 90 valence electrons. The monoisotopic (exact) mass is 240 g/mol. The molecule has 0 N–H and O–H groups in total. The molecule has 0 fully saturated rings. The summed E-state index contributed by atoms with van der Waals surface area (Å²) < 4.78 is 16.9. The standard InChI is InChI=1S/C12H20O3Si/c1-4-5-11-15-16(13-2,14-3)12-9-7-6-8-10-12/h6-10H,4-5,11H2,1-3H3. The Morgan fingerprint density at radius 3 is 2.19 bits per heavy atom. The molecule has 0 unspecified atom stereocenters. The summed E-state index contributed by atoms with van der Waals surface area (Å²) in [7, 11) is 0.638. The Labute approximate surface area is 98.7 Å². The maximum absolute atomic E-state index is 5.85. The van der Waals surface area contributed by atoms with E-state index in [-0.39, 0.29) is 0 Å². The molecule has 0 amide bonds. The van der Waals surface area contributed by atoms with Crippen molar-refractivity contribution in [2.75, 3.05) is 20.8 Å². The lowest BCUT2D eigenvalue weighted by Gasteiger charge is -2.26. The smallest absolute Gasteiger partial charge is 0.373 e. The largest absolute Gasteiger partial charge is 0.536 e. The lowest BCUT2D eigenvalue weighted by Crippen LogP contribution is -2.55. The highest BCUT2D eigenvalue weighted by Crippen LogP contribution is 2.09. The Balaban J connectivity index is 2.79. The minimum Gasteiger partial charge on any atom is -0.373 e. The Morgan fingerprint density at radius 2 is 1.69 bits per heavy atom. The fourth-order valence-corrected chi connectivity index (χ4v) is 3.57. The van der Waals surface area contributed by atoms with Gasteiger partial charge in [-0.25, -0.2) is 0 Å². The van der Waals surface area contributed by atoms with Crippen LogP contribution in [0.5, 0.6) is 0 Å². The van der Waals surface area contributed by atoms with Gasteiger partial charge in [0, 0.05) is 26.0 Å². The molecule has 0 saturated carbocycles. The van der Waals surface area contributed by atoms with Crippen molar-refractivity contribution in [2.24, 2.45) is 0 Å². The number of benzene rings is 1. The van der Waals surface area contributed by atoms with Gasteiger partial charge in [-0.3, -0.25) is 0 Å². The quantitative estimate of drug-likeness (QED) is 0.538. The van der Waals surface area contributed by atoms with Gasteiger partial charge in [0.1, 0.15) is 0 Å². The molecule has 0 saturated heterocycles. The fourth-order valence-electron chi connectivity index (χ4n) is 1.51. The van der Waals surface area contributed by atoms with Crippen molar-refractivity contribution in [3.05, 3.63) is 30.3 Å². The van der Waals surface area contributed by atoms with Gasteiger partial charge < -0.3 is 13.3 Å². The second-order valence-corrected chi connectivity index (χ2v) is 6.33. The van der Waals surface area contributed by atoms with Crippen LogP contribution in [0.25, 0.3) is 0 Å². The van der Waals surface area contributed by atoms with Crippen LogP contribution >= 0.6 is 0 Å². The van der Waals surface area contributed by atoms with Gasteiger partial charge in [0.05, 0.1) is 0 Å². The Hall–Kier alpha value is -0.683. The molecule has 0 aliphatic heterocycles. The first-order chi connectivity index (χ1) is 7.79. The first-order valence-corrected chi connectivity index (χ1v) is 7.31. The first-order valence-electron chi connectivity index (χ1n) is 5.59. The van der Waals surface area contributed by atoms with Crippen LogP contribution in [0.3, 0.4) is 0 Å². The fraction of sp³-hybridized carbons (Fsp3) is 0.500. The van der Waals surface area contributed by atoms with Crippen LogP contribution in [0.15, 0.2) is 30.3 Å². The van der Waals surface area contributed by atoms with Gasteiger partial charge in [0.25, 0.3) is 0 Å². The van der Waals surface area contributed by atoms with Gasteiger partial charge in [0.2, 0.25) is 0 Å². The second kappa shape index (κ2) is 6.80. The third-order valence-corrected chi connectivity index (χ3v) is 5.15. The van der Waals surface area contributed by atoms with E-state index in [1.165, 1.54) is 0 Å². The van der Waals surface area contributed by atoms with Crippen molar-refractivity contribution in [3.8, 4) is 0 Å². The molecule has 1 rings (SSSR count). The summed E-state index contributed by atoms with van der Waals surface area (Å²) in [5, 5.41) is 1.01. The van der Waals surface area contributed by atoms with E-state index in [4.69, 9.17) is 13.3 Å². The Morgan fingerprint density at radius 1 is 1.06 bits per heavy atom. The molecule has 0 radical (unpaired) electrons. The average Bonchev–Trinajstić information content (AvgIpc) is 2.36. The molecule has 0 aromatic heterocycles. The lowest BCUT2D eigenvalue weighted by molar-refractivity contribution is 0.112. The van der Waals surface area contributed by atoms with Crippen molar-refractivity contribution in [1.29, 1.82) is 0 Å². The van der Waals surface area contributed by atoms with Crippen molar-refractivity contribution in [2.45, 2.75) is 19.8 Å². The molecule has 16 heavy (non-hydrogen) atoms. The van der Waals surface area contributed by atoms with Gasteiger partial charge in [0.15, 0.2) is 0 Å². The van der Waals surface area contributed by atoms with E-state index in [0.29, 0.717) is 6.61 Å². The number of unbranched alkanes of at least 4 members (excludes halogenated alkanes) is 1. The minimum atomic E-state index is -2.66. The predicted octanol–water partition coefficient (Wildman–Crippen LogP) is 1.94. The van der Waals surface area contributed by atoms with Gasteiger partial charge in [-0.1, -0.05) is 43.7 Å². The molecule has 0 aliphatic carbocycles. The molecule has 3 nitrogen and oxygen atoms in total. The minimum absolute atomic E-state index is 0.680.